The Morgan fingerprint density at radius 1 is 0.416 bits per heavy atom. The third-order valence-corrected chi connectivity index (χ3v) is 10.8. The zero-order valence-electron chi connectivity index (χ0n) is 45.0. The number of hydrogen-bond donors (Lipinski definition) is 2. The maximum Gasteiger partial charge on any atom is 0.155 e. The minimum absolute atomic E-state index is 0. The van der Waals surface area contributed by atoms with Crippen molar-refractivity contribution >= 4 is 11.6 Å². The number of carbonyl (C=O) groups is 2. The number of pyridine rings is 3. The molecule has 3 radical (unpaired) electrons. The summed E-state index contributed by atoms with van der Waals surface area (Å²) in [5, 5.41) is 16.7. The molecule has 0 aliphatic carbocycles. The Balaban J connectivity index is 0.000000346. The van der Waals surface area contributed by atoms with Gasteiger partial charge in [0.05, 0.1) is 11.5 Å². The van der Waals surface area contributed by atoms with E-state index >= 15 is 0 Å². The Morgan fingerprint density at radius 2 is 0.753 bits per heavy atom. The quantitative estimate of drug-likeness (QED) is 0.0885. The summed E-state index contributed by atoms with van der Waals surface area (Å²) in [5.74, 6) is -0.125. The summed E-state index contributed by atoms with van der Waals surface area (Å²) in [7, 11) is 0. The summed E-state index contributed by atoms with van der Waals surface area (Å²) >= 11 is 0. The second-order valence-corrected chi connectivity index (χ2v) is 17.9. The molecule has 77 heavy (non-hydrogen) atoms. The minimum Gasteiger partial charge on any atom is -0.512 e. The van der Waals surface area contributed by atoms with Crippen LogP contribution in [0.1, 0.15) is 61.1 Å². The number of benzene rings is 6. The molecule has 0 saturated carbocycles. The molecule has 401 valence electrons. The first kappa shape index (κ1) is 66.2. The molecule has 6 aromatic carbocycles. The summed E-state index contributed by atoms with van der Waals surface area (Å²) in [4.78, 5) is 33.8. The summed E-state index contributed by atoms with van der Waals surface area (Å²) in [5.41, 5.74) is 20.3. The molecule has 0 spiro atoms. The van der Waals surface area contributed by atoms with Gasteiger partial charge >= 0.3 is 0 Å². The standard InChI is InChI=1S/3C19H16N.2C5H8O2.3Ir/c1-14-8-10-18(15(2)12-14)19-11-9-17(13-20-19)16-6-4-3-5-7-16;2*1-14-10-15(2)12-18(11-14)19-9-8-17(13-20-19)16-6-4-3-5-7-16;2*1-4(6)3-5(2)7;;;/h3-9,11-13H,1-2H3;2*3-11,13H,1-2H3;2*3,6H,1-2H3;;;/q3*-1;;;;;. The van der Waals surface area contributed by atoms with Crippen LogP contribution in [0.2, 0.25) is 0 Å². The van der Waals surface area contributed by atoms with E-state index in [1.54, 1.807) is 0 Å². The van der Waals surface area contributed by atoms with Crippen molar-refractivity contribution in [3.8, 4) is 67.2 Å². The van der Waals surface area contributed by atoms with Gasteiger partial charge in [-0.15, -0.1) is 105 Å². The number of aryl methyl sites for hydroxylation is 6. The molecule has 7 nitrogen and oxygen atoms in total. The third kappa shape index (κ3) is 23.1. The van der Waals surface area contributed by atoms with E-state index in [1.807, 2.05) is 79.3 Å². The van der Waals surface area contributed by atoms with Crippen molar-refractivity contribution in [3.05, 3.63) is 258 Å². The van der Waals surface area contributed by atoms with Crippen LogP contribution in [0.3, 0.4) is 0 Å². The smallest absolute Gasteiger partial charge is 0.155 e. The number of allylic oxidation sites excluding steroid dienone is 4. The van der Waals surface area contributed by atoms with Crippen LogP contribution in [-0.2, 0) is 69.9 Å². The van der Waals surface area contributed by atoms with Crippen LogP contribution in [0.4, 0.5) is 0 Å². The molecule has 0 aliphatic heterocycles. The van der Waals surface area contributed by atoms with Crippen LogP contribution in [-0.4, -0.2) is 36.7 Å². The van der Waals surface area contributed by atoms with E-state index < -0.39 is 0 Å². The zero-order chi connectivity index (χ0) is 53.6. The average Bonchev–Trinajstić information content (AvgIpc) is 3.37. The van der Waals surface area contributed by atoms with Crippen molar-refractivity contribution in [2.45, 2.75) is 69.2 Å². The summed E-state index contributed by atoms with van der Waals surface area (Å²) in [6.07, 6.45) is 8.12. The second-order valence-electron chi connectivity index (χ2n) is 17.9. The van der Waals surface area contributed by atoms with Gasteiger partial charge in [-0.25, -0.2) is 0 Å². The van der Waals surface area contributed by atoms with E-state index in [2.05, 4.69) is 178 Å². The first-order valence-corrected chi connectivity index (χ1v) is 24.2. The van der Waals surface area contributed by atoms with Crippen LogP contribution in [0.15, 0.2) is 206 Å². The monoisotopic (exact) mass is 1550 g/mol. The maximum absolute atomic E-state index is 10.0. The molecule has 9 rings (SSSR count). The van der Waals surface area contributed by atoms with E-state index in [-0.39, 0.29) is 83.4 Å². The van der Waals surface area contributed by atoms with Crippen molar-refractivity contribution in [2.75, 3.05) is 0 Å². The second kappa shape index (κ2) is 34.0. The number of aliphatic hydroxyl groups excluding tert-OH is 2. The molecule has 2 N–H and O–H groups in total. The van der Waals surface area contributed by atoms with Gasteiger partial charge in [-0.05, 0) is 78.2 Å². The number of ketones is 2. The Labute approximate surface area is 496 Å². The van der Waals surface area contributed by atoms with Crippen molar-refractivity contribution in [1.29, 1.82) is 0 Å². The molecule has 10 heteroatoms. The van der Waals surface area contributed by atoms with Gasteiger partial charge in [-0.3, -0.25) is 9.59 Å². The number of aromatic nitrogens is 3. The van der Waals surface area contributed by atoms with Gasteiger partial charge in [-0.2, -0.15) is 0 Å². The Morgan fingerprint density at radius 3 is 1.01 bits per heavy atom. The molecule has 0 fully saturated rings. The van der Waals surface area contributed by atoms with Gasteiger partial charge in [0.25, 0.3) is 0 Å². The normalized spacial score (nSPS) is 10.3. The van der Waals surface area contributed by atoms with Crippen molar-refractivity contribution in [2.24, 2.45) is 0 Å². The third-order valence-electron chi connectivity index (χ3n) is 10.8. The molecular weight excluding hydrogens is 1490 g/mol. The minimum atomic E-state index is -0.125. The molecule has 3 heterocycles. The van der Waals surface area contributed by atoms with E-state index in [0.29, 0.717) is 0 Å². The SMILES string of the molecule is CC(=O)C=C(C)O.CC(=O)C=C(C)O.Cc1[c-]c(-c2ccc(-c3ccccc3)cn2)cc(C)c1.Cc1[c-]c(-c2ccc(-c3ccccc3)cn2)cc(C)c1.Cc1c[c-]c(-c2ccc(-c3ccccc3)cn2)c(C)c1.[Ir].[Ir].[Ir]. The Bertz CT molecular complexity index is 3090. The number of aliphatic hydroxyl groups is 2. The van der Waals surface area contributed by atoms with Crippen LogP contribution >= 0.6 is 0 Å². The Hall–Kier alpha value is -6.86. The van der Waals surface area contributed by atoms with Gasteiger partial charge in [0.15, 0.2) is 11.6 Å². The van der Waals surface area contributed by atoms with Gasteiger partial charge in [0, 0.05) is 91.1 Å². The van der Waals surface area contributed by atoms with Crippen molar-refractivity contribution < 1.29 is 80.1 Å². The van der Waals surface area contributed by atoms with E-state index in [9.17, 15) is 9.59 Å². The average molecular weight is 1550 g/mol. The number of rotatable bonds is 8. The van der Waals surface area contributed by atoms with Crippen LogP contribution in [0.5, 0.6) is 0 Å². The number of nitrogens with zero attached hydrogens (tertiary/aromatic N) is 3. The van der Waals surface area contributed by atoms with Crippen LogP contribution in [0.25, 0.3) is 67.2 Å². The fourth-order valence-electron chi connectivity index (χ4n) is 7.74. The largest absolute Gasteiger partial charge is 0.512 e. The summed E-state index contributed by atoms with van der Waals surface area (Å²) in [6.45, 7) is 18.2. The van der Waals surface area contributed by atoms with E-state index in [4.69, 9.17) is 10.2 Å². The summed E-state index contributed by atoms with van der Waals surface area (Å²) in [6, 6.07) is 66.2. The first-order valence-electron chi connectivity index (χ1n) is 24.2. The molecular formula is C67H64Ir3N3O4-3. The van der Waals surface area contributed by atoms with Crippen molar-refractivity contribution in [3.63, 3.8) is 0 Å². The predicted molar refractivity (Wildman–Crippen MR) is 304 cm³/mol. The fourth-order valence-corrected chi connectivity index (χ4v) is 7.74. The van der Waals surface area contributed by atoms with Gasteiger partial charge in [0.1, 0.15) is 0 Å². The molecule has 9 aromatic rings. The fraction of sp³-hybridized carbons (Fsp3) is 0.149. The molecule has 3 aromatic heterocycles. The molecule has 0 amide bonds. The van der Waals surface area contributed by atoms with Gasteiger partial charge in [-0.1, -0.05) is 169 Å². The topological polar surface area (TPSA) is 113 Å². The first-order chi connectivity index (χ1) is 35.4. The van der Waals surface area contributed by atoms with E-state index in [1.165, 1.54) is 78.8 Å². The molecule has 0 bridgehead atoms. The number of hydrogen-bond acceptors (Lipinski definition) is 7. The number of carbonyl (C=O) groups excluding carboxylic acids is 2. The predicted octanol–water partition coefficient (Wildman–Crippen LogP) is 16.6. The molecule has 0 unspecified atom stereocenters. The molecule has 0 atom stereocenters. The van der Waals surface area contributed by atoms with Crippen molar-refractivity contribution in [1.82, 2.24) is 15.0 Å². The van der Waals surface area contributed by atoms with Crippen LogP contribution in [0, 0.1) is 59.7 Å². The van der Waals surface area contributed by atoms with Crippen LogP contribution < -0.4 is 0 Å². The molecule has 0 aliphatic rings. The molecule has 0 saturated heterocycles. The van der Waals surface area contributed by atoms with Gasteiger partial charge < -0.3 is 25.2 Å². The van der Waals surface area contributed by atoms with E-state index in [0.717, 1.165) is 61.6 Å². The van der Waals surface area contributed by atoms with Gasteiger partial charge in [0.2, 0.25) is 0 Å². The summed E-state index contributed by atoms with van der Waals surface area (Å²) < 4.78 is 0. The maximum atomic E-state index is 10.0. The Kier molecular flexibility index (Phi) is 29.3. The zero-order valence-corrected chi connectivity index (χ0v) is 52.2.